The van der Waals surface area contributed by atoms with Crippen LogP contribution in [0.3, 0.4) is 0 Å². The van der Waals surface area contributed by atoms with Crippen molar-refractivity contribution in [1.29, 1.82) is 0 Å². The lowest BCUT2D eigenvalue weighted by atomic mass is 9.79. The Balaban J connectivity index is 2.53. The maximum Gasteiger partial charge on any atom is 0.238 e. The number of aliphatic imine (C=N–C) groups is 2. The molecule has 0 atom stereocenters. The predicted octanol–water partition coefficient (Wildman–Crippen LogP) is 3.04. The monoisotopic (exact) mass is 266 g/mol. The quantitative estimate of drug-likeness (QED) is 0.479. The molecule has 0 radical (unpaired) electrons. The second kappa shape index (κ2) is 5.62. The SMILES string of the molecule is CC1=CC(N=C=O)(N=C=O)C=C(C)C1c1ccccc1. The van der Waals surface area contributed by atoms with E-state index in [9.17, 15) is 9.59 Å². The first-order chi connectivity index (χ1) is 9.62. The van der Waals surface area contributed by atoms with Gasteiger partial charge in [0.15, 0.2) is 0 Å². The zero-order chi connectivity index (χ0) is 14.6. The van der Waals surface area contributed by atoms with E-state index in [0.29, 0.717) is 0 Å². The zero-order valence-electron chi connectivity index (χ0n) is 11.3. The highest BCUT2D eigenvalue weighted by molar-refractivity contribution is 5.50. The lowest BCUT2D eigenvalue weighted by Gasteiger charge is -2.29. The van der Waals surface area contributed by atoms with E-state index in [4.69, 9.17) is 0 Å². The molecule has 0 amide bonds. The molecular weight excluding hydrogens is 252 g/mol. The number of isocyanates is 2. The van der Waals surface area contributed by atoms with Gasteiger partial charge in [0.25, 0.3) is 0 Å². The summed E-state index contributed by atoms with van der Waals surface area (Å²) in [5, 5.41) is 0. The molecule has 0 spiro atoms. The summed E-state index contributed by atoms with van der Waals surface area (Å²) in [5.41, 5.74) is 1.82. The molecule has 100 valence electrons. The molecular formula is C16H14N2O2. The van der Waals surface area contributed by atoms with E-state index >= 15 is 0 Å². The topological polar surface area (TPSA) is 58.9 Å². The van der Waals surface area contributed by atoms with Gasteiger partial charge in [-0.15, -0.1) is 0 Å². The summed E-state index contributed by atoms with van der Waals surface area (Å²) in [5.74, 6) is 0.105. The number of allylic oxidation sites excluding steroid dienone is 2. The van der Waals surface area contributed by atoms with Gasteiger partial charge < -0.3 is 0 Å². The van der Waals surface area contributed by atoms with Crippen LogP contribution in [0.2, 0.25) is 0 Å². The molecule has 0 aliphatic heterocycles. The standard InChI is InChI=1S/C16H14N2O2/c1-12-8-16(17-10-19,18-11-20)9-13(2)15(12)14-6-4-3-5-7-14/h3-9,15H,1-2H3. The Kier molecular flexibility index (Phi) is 3.90. The van der Waals surface area contributed by atoms with Crippen molar-refractivity contribution in [2.24, 2.45) is 9.98 Å². The van der Waals surface area contributed by atoms with Crippen LogP contribution < -0.4 is 0 Å². The average Bonchev–Trinajstić information content (AvgIpc) is 2.39. The average molecular weight is 266 g/mol. The number of hydrogen-bond acceptors (Lipinski definition) is 4. The molecule has 20 heavy (non-hydrogen) atoms. The highest BCUT2D eigenvalue weighted by Crippen LogP contribution is 2.39. The van der Waals surface area contributed by atoms with Crippen molar-refractivity contribution in [2.45, 2.75) is 25.4 Å². The largest absolute Gasteiger partial charge is 0.238 e. The third kappa shape index (κ3) is 2.57. The summed E-state index contributed by atoms with van der Waals surface area (Å²) in [6.45, 7) is 3.87. The van der Waals surface area contributed by atoms with Crippen LogP contribution in [0.15, 0.2) is 63.6 Å². The van der Waals surface area contributed by atoms with Crippen molar-refractivity contribution in [3.05, 3.63) is 59.2 Å². The van der Waals surface area contributed by atoms with Crippen LogP contribution in [0, 0.1) is 0 Å². The van der Waals surface area contributed by atoms with Gasteiger partial charge in [-0.1, -0.05) is 41.5 Å². The van der Waals surface area contributed by atoms with Crippen LogP contribution in [0.4, 0.5) is 0 Å². The molecule has 0 bridgehead atoms. The van der Waals surface area contributed by atoms with Gasteiger partial charge in [-0.2, -0.15) is 9.98 Å². The molecule has 4 heteroatoms. The summed E-state index contributed by atoms with van der Waals surface area (Å²) < 4.78 is 0. The first kappa shape index (κ1) is 13.9. The fourth-order valence-electron chi connectivity index (χ4n) is 2.71. The Morgan fingerprint density at radius 1 is 0.950 bits per heavy atom. The van der Waals surface area contributed by atoms with E-state index in [1.807, 2.05) is 44.2 Å². The molecule has 4 nitrogen and oxygen atoms in total. The summed E-state index contributed by atoms with van der Waals surface area (Å²) in [6.07, 6.45) is 6.35. The molecule has 0 N–H and O–H groups in total. The molecule has 2 rings (SSSR count). The molecule has 0 heterocycles. The minimum Gasteiger partial charge on any atom is -0.211 e. The van der Waals surface area contributed by atoms with E-state index in [-0.39, 0.29) is 5.92 Å². The van der Waals surface area contributed by atoms with Crippen molar-refractivity contribution in [2.75, 3.05) is 0 Å². The maximum absolute atomic E-state index is 10.6. The Morgan fingerprint density at radius 2 is 1.45 bits per heavy atom. The van der Waals surface area contributed by atoms with Gasteiger partial charge in [-0.25, -0.2) is 9.59 Å². The third-order valence-corrected chi connectivity index (χ3v) is 3.37. The smallest absolute Gasteiger partial charge is 0.211 e. The highest BCUT2D eigenvalue weighted by atomic mass is 16.1. The number of rotatable bonds is 3. The Labute approximate surface area is 117 Å². The Morgan fingerprint density at radius 3 is 1.90 bits per heavy atom. The molecule has 1 aliphatic carbocycles. The number of hydrogen-bond donors (Lipinski definition) is 0. The van der Waals surface area contributed by atoms with Crippen LogP contribution in [-0.2, 0) is 9.59 Å². The summed E-state index contributed by atoms with van der Waals surface area (Å²) in [6, 6.07) is 9.99. The van der Waals surface area contributed by atoms with E-state index in [1.54, 1.807) is 12.2 Å². The first-order valence-corrected chi connectivity index (χ1v) is 6.23. The molecule has 0 aromatic heterocycles. The van der Waals surface area contributed by atoms with Crippen molar-refractivity contribution < 1.29 is 9.59 Å². The molecule has 0 unspecified atom stereocenters. The Hall–Kier alpha value is -2.54. The van der Waals surface area contributed by atoms with Gasteiger partial charge in [0.05, 0.1) is 0 Å². The van der Waals surface area contributed by atoms with E-state index in [1.165, 1.54) is 12.2 Å². The molecule has 1 aromatic rings. The van der Waals surface area contributed by atoms with Gasteiger partial charge in [0.2, 0.25) is 17.8 Å². The minimum atomic E-state index is -1.29. The molecule has 1 aromatic carbocycles. The van der Waals surface area contributed by atoms with Crippen molar-refractivity contribution in [3.63, 3.8) is 0 Å². The number of nitrogens with zero attached hydrogens (tertiary/aromatic N) is 2. The van der Waals surface area contributed by atoms with Gasteiger partial charge in [0.1, 0.15) is 0 Å². The van der Waals surface area contributed by atoms with Crippen LogP contribution in [-0.4, -0.2) is 17.8 Å². The van der Waals surface area contributed by atoms with Gasteiger partial charge >= 0.3 is 0 Å². The van der Waals surface area contributed by atoms with Crippen LogP contribution in [0.5, 0.6) is 0 Å². The van der Waals surface area contributed by atoms with E-state index in [0.717, 1.165) is 16.7 Å². The summed E-state index contributed by atoms with van der Waals surface area (Å²) in [4.78, 5) is 28.4. The fourth-order valence-corrected chi connectivity index (χ4v) is 2.71. The Bertz CT molecular complexity index is 621. The second-order valence-electron chi connectivity index (χ2n) is 4.81. The van der Waals surface area contributed by atoms with Crippen LogP contribution in [0.1, 0.15) is 25.3 Å². The van der Waals surface area contributed by atoms with Gasteiger partial charge in [-0.05, 0) is 31.6 Å². The minimum absolute atomic E-state index is 0.105. The van der Waals surface area contributed by atoms with E-state index in [2.05, 4.69) is 9.98 Å². The van der Waals surface area contributed by atoms with Crippen molar-refractivity contribution in [3.8, 4) is 0 Å². The second-order valence-corrected chi connectivity index (χ2v) is 4.81. The highest BCUT2D eigenvalue weighted by Gasteiger charge is 2.32. The number of benzene rings is 1. The lowest BCUT2D eigenvalue weighted by molar-refractivity contribution is 0.541. The molecule has 1 aliphatic rings. The van der Waals surface area contributed by atoms with E-state index < -0.39 is 5.66 Å². The summed E-state index contributed by atoms with van der Waals surface area (Å²) >= 11 is 0. The van der Waals surface area contributed by atoms with Crippen LogP contribution >= 0.6 is 0 Å². The molecule has 0 fully saturated rings. The van der Waals surface area contributed by atoms with Gasteiger partial charge in [0, 0.05) is 5.92 Å². The number of carbonyl (C=O) groups excluding carboxylic acids is 2. The van der Waals surface area contributed by atoms with Crippen molar-refractivity contribution in [1.82, 2.24) is 0 Å². The van der Waals surface area contributed by atoms with Gasteiger partial charge in [-0.3, -0.25) is 0 Å². The zero-order valence-corrected chi connectivity index (χ0v) is 11.3. The summed E-state index contributed by atoms with van der Waals surface area (Å²) in [7, 11) is 0. The normalized spacial score (nSPS) is 24.8. The van der Waals surface area contributed by atoms with Crippen LogP contribution in [0.25, 0.3) is 0 Å². The lowest BCUT2D eigenvalue weighted by Crippen LogP contribution is -2.24. The fraction of sp³-hybridized carbons (Fsp3) is 0.250. The molecule has 0 saturated carbocycles. The maximum atomic E-state index is 10.6. The predicted molar refractivity (Wildman–Crippen MR) is 75.7 cm³/mol. The third-order valence-electron chi connectivity index (χ3n) is 3.37. The van der Waals surface area contributed by atoms with Crippen molar-refractivity contribution >= 4 is 12.2 Å². The first-order valence-electron chi connectivity index (χ1n) is 6.23. The molecule has 0 saturated heterocycles.